The first kappa shape index (κ1) is 22.7. The Morgan fingerprint density at radius 2 is 1.97 bits per heavy atom. The van der Waals surface area contributed by atoms with Crippen molar-refractivity contribution in [3.8, 4) is 11.5 Å². The number of rotatable bonds is 5. The average Bonchev–Trinajstić information content (AvgIpc) is 3.43. The smallest absolute Gasteiger partial charge is 0.417 e. The fourth-order valence-electron chi connectivity index (χ4n) is 3.92. The molecule has 0 radical (unpaired) electrons. The number of guanidine groups is 1. The van der Waals surface area contributed by atoms with Crippen LogP contribution in [0.25, 0.3) is 10.9 Å². The number of amides is 1. The van der Waals surface area contributed by atoms with Crippen molar-refractivity contribution in [2.24, 2.45) is 10.7 Å². The third-order valence-corrected chi connectivity index (χ3v) is 5.52. The van der Waals surface area contributed by atoms with E-state index in [1.807, 2.05) is 18.2 Å². The zero-order valence-electron chi connectivity index (χ0n) is 18.0. The molecule has 1 aliphatic heterocycles. The van der Waals surface area contributed by atoms with Gasteiger partial charge in [0.25, 0.3) is 5.91 Å². The fraction of sp³-hybridized carbons (Fsp3) is 0.304. The van der Waals surface area contributed by atoms with Gasteiger partial charge >= 0.3 is 6.18 Å². The molecule has 0 spiro atoms. The second kappa shape index (κ2) is 9.14. The number of nitrogens with two attached hydrogens (primary N) is 1. The number of benzene rings is 2. The maximum atomic E-state index is 13.6. The number of H-pyrrole nitrogens is 1. The van der Waals surface area contributed by atoms with Crippen LogP contribution in [0.3, 0.4) is 0 Å². The molecule has 174 valence electrons. The van der Waals surface area contributed by atoms with Crippen LogP contribution in [-0.2, 0) is 12.7 Å². The van der Waals surface area contributed by atoms with Crippen LogP contribution in [-0.4, -0.2) is 41.9 Å². The summed E-state index contributed by atoms with van der Waals surface area (Å²) in [6.07, 6.45) is -2.25. The van der Waals surface area contributed by atoms with Gasteiger partial charge < -0.3 is 15.5 Å². The minimum absolute atomic E-state index is 0.0620. The number of nitrogens with zero attached hydrogens (tertiary/aromatic N) is 2. The molecule has 0 saturated carbocycles. The number of hydrogen-bond donors (Lipinski definition) is 3. The Morgan fingerprint density at radius 3 is 2.67 bits per heavy atom. The first-order valence-electron chi connectivity index (χ1n) is 10.5. The highest BCUT2D eigenvalue weighted by Crippen LogP contribution is 2.40. The molecular formula is C23H24F3N5O2. The van der Waals surface area contributed by atoms with Crippen molar-refractivity contribution < 1.29 is 22.7 Å². The van der Waals surface area contributed by atoms with E-state index in [1.165, 1.54) is 26.0 Å². The van der Waals surface area contributed by atoms with Gasteiger partial charge in [0.2, 0.25) is 0 Å². The van der Waals surface area contributed by atoms with Crippen molar-refractivity contribution >= 4 is 22.8 Å². The third-order valence-electron chi connectivity index (χ3n) is 5.52. The predicted molar refractivity (Wildman–Crippen MR) is 119 cm³/mol. The van der Waals surface area contributed by atoms with E-state index in [-0.39, 0.29) is 28.3 Å². The number of fused-ring (bicyclic) bond motifs is 1. The Labute approximate surface area is 188 Å². The molecule has 4 rings (SSSR count). The van der Waals surface area contributed by atoms with E-state index >= 15 is 0 Å². The molecule has 0 bridgehead atoms. The van der Waals surface area contributed by atoms with E-state index in [1.54, 1.807) is 6.07 Å². The van der Waals surface area contributed by atoms with Gasteiger partial charge in [0.15, 0.2) is 11.7 Å². The summed E-state index contributed by atoms with van der Waals surface area (Å²) in [6.45, 7) is 2.88. The number of ether oxygens (including phenoxy) is 1. The van der Waals surface area contributed by atoms with Crippen LogP contribution in [0.15, 0.2) is 47.5 Å². The largest absolute Gasteiger partial charge is 0.455 e. The van der Waals surface area contributed by atoms with Gasteiger partial charge in [-0.05, 0) is 61.8 Å². The number of halogens is 3. The zero-order chi connectivity index (χ0) is 23.6. The Kier molecular flexibility index (Phi) is 6.28. The van der Waals surface area contributed by atoms with Crippen molar-refractivity contribution in [3.63, 3.8) is 0 Å². The van der Waals surface area contributed by atoms with E-state index in [0.29, 0.717) is 5.75 Å². The summed E-state index contributed by atoms with van der Waals surface area (Å²) < 4.78 is 46.8. The van der Waals surface area contributed by atoms with Gasteiger partial charge in [0, 0.05) is 19.0 Å². The SMILES string of the molecule is CN=C(N)NC(=O)c1cc2c(C(F)(F)F)ccc(Oc3cccc(CN4CCCC4)c3)c2[nH]1. The topological polar surface area (TPSA) is 95.7 Å². The van der Waals surface area contributed by atoms with Crippen molar-refractivity contribution in [3.05, 3.63) is 59.3 Å². The first-order valence-corrected chi connectivity index (χ1v) is 10.5. The van der Waals surface area contributed by atoms with Crippen molar-refractivity contribution in [2.75, 3.05) is 20.1 Å². The third kappa shape index (κ3) is 5.11. The highest BCUT2D eigenvalue weighted by atomic mass is 19.4. The summed E-state index contributed by atoms with van der Waals surface area (Å²) in [6, 6.07) is 10.8. The Bertz CT molecular complexity index is 1200. The molecule has 2 heterocycles. The van der Waals surface area contributed by atoms with E-state index in [0.717, 1.165) is 37.3 Å². The lowest BCUT2D eigenvalue weighted by Crippen LogP contribution is -2.36. The summed E-state index contributed by atoms with van der Waals surface area (Å²) in [5, 5.41) is 2.13. The number of aromatic amines is 1. The Hall–Kier alpha value is -3.53. The minimum Gasteiger partial charge on any atom is -0.455 e. The number of nitrogens with one attached hydrogen (secondary N) is 2. The molecule has 1 aliphatic rings. The van der Waals surface area contributed by atoms with Gasteiger partial charge in [-0.25, -0.2) is 0 Å². The Morgan fingerprint density at radius 1 is 1.21 bits per heavy atom. The molecular weight excluding hydrogens is 435 g/mol. The number of likely N-dealkylation sites (tertiary alicyclic amines) is 1. The van der Waals surface area contributed by atoms with Crippen LogP contribution < -0.4 is 15.8 Å². The Balaban J connectivity index is 1.68. The van der Waals surface area contributed by atoms with E-state index in [4.69, 9.17) is 10.5 Å². The van der Waals surface area contributed by atoms with Crippen molar-refractivity contribution in [2.45, 2.75) is 25.6 Å². The van der Waals surface area contributed by atoms with Crippen LogP contribution in [0.5, 0.6) is 11.5 Å². The summed E-state index contributed by atoms with van der Waals surface area (Å²) in [4.78, 5) is 21.1. The predicted octanol–water partition coefficient (Wildman–Crippen LogP) is 4.25. The monoisotopic (exact) mass is 459 g/mol. The van der Waals surface area contributed by atoms with Crippen LogP contribution in [0.4, 0.5) is 13.2 Å². The van der Waals surface area contributed by atoms with Gasteiger partial charge in [-0.3, -0.25) is 20.0 Å². The zero-order valence-corrected chi connectivity index (χ0v) is 18.0. The quantitative estimate of drug-likeness (QED) is 0.393. The van der Waals surface area contributed by atoms with Crippen LogP contribution >= 0.6 is 0 Å². The summed E-state index contributed by atoms with van der Waals surface area (Å²) >= 11 is 0. The van der Waals surface area contributed by atoms with E-state index in [2.05, 4.69) is 20.2 Å². The van der Waals surface area contributed by atoms with Gasteiger partial charge in [-0.15, -0.1) is 0 Å². The van der Waals surface area contributed by atoms with Crippen LogP contribution in [0.1, 0.15) is 34.5 Å². The summed E-state index contributed by atoms with van der Waals surface area (Å²) in [5.74, 6) is -0.190. The van der Waals surface area contributed by atoms with E-state index < -0.39 is 17.6 Å². The van der Waals surface area contributed by atoms with Crippen LogP contribution in [0, 0.1) is 0 Å². The number of carbonyl (C=O) groups is 1. The number of aromatic nitrogens is 1. The molecule has 0 aliphatic carbocycles. The maximum absolute atomic E-state index is 13.6. The molecule has 1 saturated heterocycles. The van der Waals surface area contributed by atoms with Gasteiger partial charge in [0.1, 0.15) is 11.4 Å². The molecule has 1 fully saturated rings. The van der Waals surface area contributed by atoms with Gasteiger partial charge in [0.05, 0.1) is 11.1 Å². The molecule has 1 amide bonds. The lowest BCUT2D eigenvalue weighted by atomic mass is 10.1. The first-order chi connectivity index (χ1) is 15.7. The molecule has 4 N–H and O–H groups in total. The standard InChI is InChI=1S/C23H24F3N5O2/c1-28-22(27)30-21(32)18-12-16-17(23(24,25)26)7-8-19(20(16)29-18)33-15-6-4-5-14(11-15)13-31-9-2-3-10-31/h4-8,11-12,29H,2-3,9-10,13H2,1H3,(H3,27,28,30,32). The average molecular weight is 459 g/mol. The highest BCUT2D eigenvalue weighted by Gasteiger charge is 2.34. The number of aliphatic imine (C=N–C) groups is 1. The second-order valence-electron chi connectivity index (χ2n) is 7.88. The van der Waals surface area contributed by atoms with Crippen LogP contribution in [0.2, 0.25) is 0 Å². The van der Waals surface area contributed by atoms with Gasteiger partial charge in [-0.1, -0.05) is 12.1 Å². The molecule has 0 atom stereocenters. The normalized spacial score (nSPS) is 15.2. The summed E-state index contributed by atoms with van der Waals surface area (Å²) in [7, 11) is 1.38. The lowest BCUT2D eigenvalue weighted by molar-refractivity contribution is -0.136. The molecule has 10 heteroatoms. The molecule has 7 nitrogen and oxygen atoms in total. The molecule has 2 aromatic carbocycles. The van der Waals surface area contributed by atoms with Crippen molar-refractivity contribution in [1.29, 1.82) is 0 Å². The molecule has 33 heavy (non-hydrogen) atoms. The second-order valence-corrected chi connectivity index (χ2v) is 7.88. The number of carbonyl (C=O) groups excluding carboxylic acids is 1. The van der Waals surface area contributed by atoms with Crippen molar-refractivity contribution in [1.82, 2.24) is 15.2 Å². The number of hydrogen-bond acceptors (Lipinski definition) is 4. The lowest BCUT2D eigenvalue weighted by Gasteiger charge is -2.16. The number of alkyl halides is 3. The minimum atomic E-state index is -4.60. The molecule has 1 aromatic heterocycles. The molecule has 0 unspecified atom stereocenters. The summed E-state index contributed by atoms with van der Waals surface area (Å²) in [5.41, 5.74) is 5.65. The molecule has 3 aromatic rings. The maximum Gasteiger partial charge on any atom is 0.417 e. The highest BCUT2D eigenvalue weighted by molar-refractivity contribution is 6.07. The van der Waals surface area contributed by atoms with E-state index in [9.17, 15) is 18.0 Å². The van der Waals surface area contributed by atoms with Gasteiger partial charge in [-0.2, -0.15) is 13.2 Å². The fourth-order valence-corrected chi connectivity index (χ4v) is 3.92.